The predicted octanol–water partition coefficient (Wildman–Crippen LogP) is 2.19. The molecule has 4 N–H and O–H groups in total. The van der Waals surface area contributed by atoms with Crippen molar-refractivity contribution in [3.8, 4) is 0 Å². The van der Waals surface area contributed by atoms with Crippen molar-refractivity contribution in [1.29, 1.82) is 0 Å². The van der Waals surface area contributed by atoms with Gasteiger partial charge >= 0.3 is 0 Å². The Labute approximate surface area is 155 Å². The average Bonchev–Trinajstić information content (AvgIpc) is 2.60. The summed E-state index contributed by atoms with van der Waals surface area (Å²) < 4.78 is 0. The minimum atomic E-state index is -0.415. The number of para-hydroxylation sites is 1. The van der Waals surface area contributed by atoms with E-state index in [1.54, 1.807) is 42.5 Å². The van der Waals surface area contributed by atoms with Gasteiger partial charge in [0.05, 0.1) is 17.9 Å². The van der Waals surface area contributed by atoms with Crippen LogP contribution in [-0.2, 0) is 0 Å². The summed E-state index contributed by atoms with van der Waals surface area (Å²) in [5, 5.41) is 17.2. The maximum atomic E-state index is 12.2. The molecule has 8 heteroatoms. The summed E-state index contributed by atoms with van der Waals surface area (Å²) in [6, 6.07) is 13.2. The summed E-state index contributed by atoms with van der Waals surface area (Å²) in [5.74, 6) is -0.775. The zero-order chi connectivity index (χ0) is 18.2. The van der Waals surface area contributed by atoms with E-state index in [1.807, 2.05) is 0 Å². The third kappa shape index (κ3) is 5.53. The van der Waals surface area contributed by atoms with Crippen molar-refractivity contribution in [1.82, 2.24) is 10.6 Å². The van der Waals surface area contributed by atoms with Gasteiger partial charge in [-0.1, -0.05) is 29.8 Å². The Morgan fingerprint density at radius 1 is 1.08 bits per heavy atom. The van der Waals surface area contributed by atoms with E-state index >= 15 is 0 Å². The largest absolute Gasteiger partial charge is 0.395 e. The number of anilines is 1. The van der Waals surface area contributed by atoms with Gasteiger partial charge in [0.1, 0.15) is 0 Å². The number of nitrogens with one attached hydrogen (secondary N) is 3. The number of carbonyl (C=O) groups excluding carboxylic acids is 2. The third-order valence-electron chi connectivity index (χ3n) is 3.13. The van der Waals surface area contributed by atoms with E-state index in [2.05, 4.69) is 16.0 Å². The first kappa shape index (κ1) is 18.9. The number of aliphatic hydroxyl groups excluding tert-OH is 1. The molecule has 0 fully saturated rings. The van der Waals surface area contributed by atoms with E-state index in [0.29, 0.717) is 21.8 Å². The van der Waals surface area contributed by atoms with Crippen molar-refractivity contribution in [2.75, 3.05) is 18.5 Å². The first-order chi connectivity index (χ1) is 12.0. The summed E-state index contributed by atoms with van der Waals surface area (Å²) in [5.41, 5.74) is 1.15. The first-order valence-electron chi connectivity index (χ1n) is 7.37. The molecule has 2 aromatic carbocycles. The summed E-state index contributed by atoms with van der Waals surface area (Å²) >= 11 is 11.0. The molecule has 2 amide bonds. The second kappa shape index (κ2) is 9.12. The average molecular weight is 378 g/mol. The molecule has 0 saturated carbocycles. The van der Waals surface area contributed by atoms with Crippen LogP contribution in [-0.4, -0.2) is 35.2 Å². The molecule has 25 heavy (non-hydrogen) atoms. The standard InChI is InChI=1S/C17H16ClN3O3S/c18-12-5-3-4-11(10-12)15(23)21-17(25)20-14-7-2-1-6-13(14)16(24)19-8-9-22/h1-7,10,22H,8-9H2,(H,19,24)(H2,20,21,23,25). The van der Waals surface area contributed by atoms with Gasteiger partial charge in [-0.25, -0.2) is 0 Å². The molecule has 130 valence electrons. The van der Waals surface area contributed by atoms with E-state index in [-0.39, 0.29) is 24.2 Å². The molecule has 0 aliphatic heterocycles. The van der Waals surface area contributed by atoms with Gasteiger partial charge in [-0.05, 0) is 42.5 Å². The van der Waals surface area contributed by atoms with E-state index in [1.165, 1.54) is 6.07 Å². The molecule has 2 rings (SSSR count). The minimum absolute atomic E-state index is 0.0485. The minimum Gasteiger partial charge on any atom is -0.395 e. The highest BCUT2D eigenvalue weighted by molar-refractivity contribution is 7.80. The van der Waals surface area contributed by atoms with E-state index in [9.17, 15) is 9.59 Å². The SMILES string of the molecule is O=C(NC(=S)Nc1ccccc1C(=O)NCCO)c1cccc(Cl)c1. The topological polar surface area (TPSA) is 90.5 Å². The molecule has 2 aromatic rings. The van der Waals surface area contributed by atoms with Gasteiger partial charge in [0.25, 0.3) is 11.8 Å². The number of hydrogen-bond donors (Lipinski definition) is 4. The second-order valence-corrected chi connectivity index (χ2v) is 5.79. The van der Waals surface area contributed by atoms with Crippen LogP contribution in [0.3, 0.4) is 0 Å². The Morgan fingerprint density at radius 2 is 1.84 bits per heavy atom. The predicted molar refractivity (Wildman–Crippen MR) is 101 cm³/mol. The molecule has 0 aromatic heterocycles. The molecule has 0 aliphatic carbocycles. The van der Waals surface area contributed by atoms with Crippen molar-refractivity contribution in [2.45, 2.75) is 0 Å². The molecular weight excluding hydrogens is 362 g/mol. The number of benzene rings is 2. The molecule has 0 atom stereocenters. The molecular formula is C17H16ClN3O3S. The number of rotatable bonds is 5. The first-order valence-corrected chi connectivity index (χ1v) is 8.16. The Balaban J connectivity index is 2.05. The van der Waals surface area contributed by atoms with Crippen LogP contribution in [0.15, 0.2) is 48.5 Å². The molecule has 0 unspecified atom stereocenters. The van der Waals surface area contributed by atoms with Crippen LogP contribution in [0.5, 0.6) is 0 Å². The van der Waals surface area contributed by atoms with Crippen molar-refractivity contribution in [2.24, 2.45) is 0 Å². The molecule has 0 spiro atoms. The lowest BCUT2D eigenvalue weighted by molar-refractivity contribution is 0.0944. The van der Waals surface area contributed by atoms with Gasteiger partial charge in [0, 0.05) is 17.1 Å². The van der Waals surface area contributed by atoms with E-state index in [0.717, 1.165) is 0 Å². The van der Waals surface area contributed by atoms with Gasteiger partial charge in [-0.2, -0.15) is 0 Å². The second-order valence-electron chi connectivity index (χ2n) is 4.94. The number of thiocarbonyl (C=S) groups is 1. The van der Waals surface area contributed by atoms with Crippen molar-refractivity contribution in [3.63, 3.8) is 0 Å². The lowest BCUT2D eigenvalue weighted by Crippen LogP contribution is -2.35. The summed E-state index contributed by atoms with van der Waals surface area (Å²) in [6.07, 6.45) is 0. The monoisotopic (exact) mass is 377 g/mol. The highest BCUT2D eigenvalue weighted by atomic mass is 35.5. The lowest BCUT2D eigenvalue weighted by atomic mass is 10.1. The number of aliphatic hydroxyl groups is 1. The Morgan fingerprint density at radius 3 is 2.56 bits per heavy atom. The van der Waals surface area contributed by atoms with Gasteiger partial charge in [0.2, 0.25) is 0 Å². The number of halogens is 1. The lowest BCUT2D eigenvalue weighted by Gasteiger charge is -2.13. The molecule has 0 heterocycles. The fraction of sp³-hybridized carbons (Fsp3) is 0.118. The Kier molecular flexibility index (Phi) is 6.88. The zero-order valence-electron chi connectivity index (χ0n) is 13.1. The summed E-state index contributed by atoms with van der Waals surface area (Å²) in [7, 11) is 0. The van der Waals surface area contributed by atoms with Crippen LogP contribution >= 0.6 is 23.8 Å². The van der Waals surface area contributed by atoms with Gasteiger partial charge < -0.3 is 15.7 Å². The van der Waals surface area contributed by atoms with Crippen LogP contribution in [0.1, 0.15) is 20.7 Å². The van der Waals surface area contributed by atoms with Crippen molar-refractivity contribution >= 4 is 46.4 Å². The highest BCUT2D eigenvalue weighted by Gasteiger charge is 2.13. The van der Waals surface area contributed by atoms with Crippen LogP contribution in [0.4, 0.5) is 5.69 Å². The Hall–Kier alpha value is -2.48. The van der Waals surface area contributed by atoms with Gasteiger partial charge in [-0.15, -0.1) is 0 Å². The fourth-order valence-corrected chi connectivity index (χ4v) is 2.41. The fourth-order valence-electron chi connectivity index (χ4n) is 2.01. The van der Waals surface area contributed by atoms with Crippen LogP contribution in [0.2, 0.25) is 5.02 Å². The number of amides is 2. The number of carbonyl (C=O) groups is 2. The summed E-state index contributed by atoms with van der Waals surface area (Å²) in [6.45, 7) is -0.0153. The number of hydrogen-bond acceptors (Lipinski definition) is 4. The highest BCUT2D eigenvalue weighted by Crippen LogP contribution is 2.15. The van der Waals surface area contributed by atoms with Crippen LogP contribution in [0, 0.1) is 0 Å². The smallest absolute Gasteiger partial charge is 0.257 e. The normalized spacial score (nSPS) is 10.0. The molecule has 6 nitrogen and oxygen atoms in total. The van der Waals surface area contributed by atoms with Crippen molar-refractivity contribution < 1.29 is 14.7 Å². The molecule has 0 aliphatic rings. The molecule has 0 saturated heterocycles. The van der Waals surface area contributed by atoms with Crippen molar-refractivity contribution in [3.05, 3.63) is 64.7 Å². The van der Waals surface area contributed by atoms with E-state index in [4.69, 9.17) is 28.9 Å². The maximum absolute atomic E-state index is 12.2. The molecule has 0 bridgehead atoms. The third-order valence-corrected chi connectivity index (χ3v) is 3.57. The van der Waals surface area contributed by atoms with Crippen LogP contribution in [0.25, 0.3) is 0 Å². The summed E-state index contributed by atoms with van der Waals surface area (Å²) in [4.78, 5) is 24.2. The maximum Gasteiger partial charge on any atom is 0.257 e. The van der Waals surface area contributed by atoms with Gasteiger partial charge in [-0.3, -0.25) is 14.9 Å². The zero-order valence-corrected chi connectivity index (χ0v) is 14.7. The molecule has 0 radical (unpaired) electrons. The van der Waals surface area contributed by atoms with Crippen LogP contribution < -0.4 is 16.0 Å². The quantitative estimate of drug-likeness (QED) is 0.600. The Bertz CT molecular complexity index is 798. The van der Waals surface area contributed by atoms with E-state index < -0.39 is 5.91 Å². The van der Waals surface area contributed by atoms with Gasteiger partial charge in [0.15, 0.2) is 5.11 Å².